The van der Waals surface area contributed by atoms with E-state index in [-0.39, 0.29) is 0 Å². The molecule has 1 rings (SSSR count). The molecule has 20 heavy (non-hydrogen) atoms. The summed E-state index contributed by atoms with van der Waals surface area (Å²) in [6, 6.07) is 9.96. The molecule has 0 aromatic heterocycles. The van der Waals surface area contributed by atoms with Crippen molar-refractivity contribution in [3.05, 3.63) is 35.4 Å². The van der Waals surface area contributed by atoms with E-state index in [1.165, 1.54) is 56.9 Å². The maximum Gasteiger partial charge on any atom is 0.0991 e. The molecule has 2 nitrogen and oxygen atoms in total. The summed E-state index contributed by atoms with van der Waals surface area (Å²) in [5.41, 5.74) is 1.99. The van der Waals surface area contributed by atoms with E-state index in [2.05, 4.69) is 18.3 Å². The van der Waals surface area contributed by atoms with E-state index in [9.17, 15) is 0 Å². The molecule has 0 bridgehead atoms. The van der Waals surface area contributed by atoms with Gasteiger partial charge in [0.25, 0.3) is 0 Å². The van der Waals surface area contributed by atoms with Crippen LogP contribution in [-0.4, -0.2) is 6.54 Å². The zero-order valence-electron chi connectivity index (χ0n) is 12.8. The van der Waals surface area contributed by atoms with Crippen LogP contribution in [0, 0.1) is 11.3 Å². The number of benzene rings is 1. The average molecular weight is 272 g/mol. The van der Waals surface area contributed by atoms with Gasteiger partial charge in [0, 0.05) is 6.54 Å². The average Bonchev–Trinajstić information content (AvgIpc) is 2.50. The predicted octanol–water partition coefficient (Wildman–Crippen LogP) is 4.79. The third-order valence-electron chi connectivity index (χ3n) is 3.62. The van der Waals surface area contributed by atoms with Gasteiger partial charge in [0.15, 0.2) is 0 Å². The summed E-state index contributed by atoms with van der Waals surface area (Å²) < 4.78 is 0. The lowest BCUT2D eigenvalue weighted by Crippen LogP contribution is -2.14. The summed E-state index contributed by atoms with van der Waals surface area (Å²) in [4.78, 5) is 0. The Morgan fingerprint density at radius 1 is 0.900 bits per heavy atom. The summed E-state index contributed by atoms with van der Waals surface area (Å²) in [6.45, 7) is 4.26. The monoisotopic (exact) mass is 272 g/mol. The lowest BCUT2D eigenvalue weighted by Gasteiger charge is -2.05. The van der Waals surface area contributed by atoms with E-state index in [4.69, 9.17) is 5.26 Å². The summed E-state index contributed by atoms with van der Waals surface area (Å²) in [5, 5.41) is 12.2. The Morgan fingerprint density at radius 3 is 2.10 bits per heavy atom. The van der Waals surface area contributed by atoms with Crippen LogP contribution in [0.2, 0.25) is 0 Å². The number of rotatable bonds is 11. The van der Waals surface area contributed by atoms with Crippen molar-refractivity contribution in [2.45, 2.75) is 64.8 Å². The van der Waals surface area contributed by atoms with Gasteiger partial charge in [-0.25, -0.2) is 0 Å². The molecule has 2 heteroatoms. The summed E-state index contributed by atoms with van der Waals surface area (Å²) in [6.07, 6.45) is 10.9. The fourth-order valence-corrected chi connectivity index (χ4v) is 2.31. The van der Waals surface area contributed by atoms with Crippen LogP contribution in [0.1, 0.15) is 69.4 Å². The van der Waals surface area contributed by atoms with Crippen LogP contribution in [0.5, 0.6) is 0 Å². The van der Waals surface area contributed by atoms with Gasteiger partial charge in [-0.3, -0.25) is 0 Å². The van der Waals surface area contributed by atoms with E-state index >= 15 is 0 Å². The largest absolute Gasteiger partial charge is 0.313 e. The Labute approximate surface area is 124 Å². The first kappa shape index (κ1) is 16.7. The molecule has 110 valence electrons. The Morgan fingerprint density at radius 2 is 1.50 bits per heavy atom. The van der Waals surface area contributed by atoms with Gasteiger partial charge in [-0.1, -0.05) is 64.0 Å². The molecule has 0 radical (unpaired) electrons. The van der Waals surface area contributed by atoms with E-state index in [0.29, 0.717) is 0 Å². The van der Waals surface area contributed by atoms with Gasteiger partial charge in [-0.05, 0) is 30.7 Å². The first-order valence-electron chi connectivity index (χ1n) is 8.06. The lowest BCUT2D eigenvalue weighted by atomic mass is 10.1. The van der Waals surface area contributed by atoms with E-state index in [0.717, 1.165) is 18.7 Å². The molecule has 0 saturated heterocycles. The number of nitrogens with one attached hydrogen (secondary N) is 1. The van der Waals surface area contributed by atoms with Gasteiger partial charge < -0.3 is 5.32 Å². The number of hydrogen-bond acceptors (Lipinski definition) is 2. The van der Waals surface area contributed by atoms with Crippen LogP contribution in [0.4, 0.5) is 0 Å². The highest BCUT2D eigenvalue weighted by Crippen LogP contribution is 2.08. The van der Waals surface area contributed by atoms with Gasteiger partial charge in [0.05, 0.1) is 11.6 Å². The first-order chi connectivity index (χ1) is 9.86. The van der Waals surface area contributed by atoms with E-state index in [1.54, 1.807) is 0 Å². The number of unbranched alkanes of at least 4 members (excludes halogenated alkanes) is 7. The molecule has 0 amide bonds. The fourth-order valence-electron chi connectivity index (χ4n) is 2.31. The molecule has 0 spiro atoms. The third kappa shape index (κ3) is 7.96. The molecule has 0 saturated carbocycles. The SMILES string of the molecule is CCCCCCCCCCNCc1ccc(C#N)cc1. The highest BCUT2D eigenvalue weighted by molar-refractivity contribution is 5.31. The van der Waals surface area contributed by atoms with Gasteiger partial charge >= 0.3 is 0 Å². The van der Waals surface area contributed by atoms with E-state index < -0.39 is 0 Å². The molecule has 0 fully saturated rings. The zero-order chi connectivity index (χ0) is 14.5. The Hall–Kier alpha value is -1.33. The van der Waals surface area contributed by atoms with Crippen LogP contribution < -0.4 is 5.32 Å². The molecule has 1 N–H and O–H groups in total. The topological polar surface area (TPSA) is 35.8 Å². The Bertz CT molecular complexity index is 375. The smallest absolute Gasteiger partial charge is 0.0991 e. The molecule has 0 aliphatic rings. The number of hydrogen-bond donors (Lipinski definition) is 1. The van der Waals surface area contributed by atoms with Crippen molar-refractivity contribution in [3.63, 3.8) is 0 Å². The number of nitrogens with zero attached hydrogens (tertiary/aromatic N) is 1. The van der Waals surface area contributed by atoms with Crippen LogP contribution in [0.25, 0.3) is 0 Å². The summed E-state index contributed by atoms with van der Waals surface area (Å²) >= 11 is 0. The van der Waals surface area contributed by atoms with Crippen molar-refractivity contribution >= 4 is 0 Å². The lowest BCUT2D eigenvalue weighted by molar-refractivity contribution is 0.555. The van der Waals surface area contributed by atoms with E-state index in [1.807, 2.05) is 24.3 Å². The predicted molar refractivity (Wildman–Crippen MR) is 85.5 cm³/mol. The molecule has 0 atom stereocenters. The number of nitriles is 1. The molecule has 0 aliphatic heterocycles. The van der Waals surface area contributed by atoms with Crippen molar-refractivity contribution in [1.82, 2.24) is 5.32 Å². The normalized spacial score (nSPS) is 10.4. The van der Waals surface area contributed by atoms with Crippen molar-refractivity contribution in [3.8, 4) is 6.07 Å². The fraction of sp³-hybridized carbons (Fsp3) is 0.611. The van der Waals surface area contributed by atoms with Gasteiger partial charge in [-0.15, -0.1) is 0 Å². The van der Waals surface area contributed by atoms with Crippen LogP contribution in [0.3, 0.4) is 0 Å². The minimum absolute atomic E-state index is 0.733. The minimum Gasteiger partial charge on any atom is -0.313 e. The van der Waals surface area contributed by atoms with Crippen LogP contribution in [-0.2, 0) is 6.54 Å². The highest BCUT2D eigenvalue weighted by Gasteiger charge is 1.95. The molecule has 0 heterocycles. The Balaban J connectivity index is 1.93. The maximum absolute atomic E-state index is 8.73. The van der Waals surface area contributed by atoms with Gasteiger partial charge in [0.2, 0.25) is 0 Å². The van der Waals surface area contributed by atoms with Crippen LogP contribution >= 0.6 is 0 Å². The van der Waals surface area contributed by atoms with Crippen molar-refractivity contribution in [1.29, 1.82) is 5.26 Å². The molecule has 0 aliphatic carbocycles. The quantitative estimate of drug-likeness (QED) is 0.588. The van der Waals surface area contributed by atoms with Crippen molar-refractivity contribution < 1.29 is 0 Å². The van der Waals surface area contributed by atoms with Gasteiger partial charge in [-0.2, -0.15) is 5.26 Å². The Kier molecular flexibility index (Phi) is 9.61. The summed E-state index contributed by atoms with van der Waals surface area (Å²) in [7, 11) is 0. The second-order valence-corrected chi connectivity index (χ2v) is 5.46. The molecule has 1 aromatic rings. The molecule has 0 unspecified atom stereocenters. The first-order valence-corrected chi connectivity index (χ1v) is 8.06. The van der Waals surface area contributed by atoms with Gasteiger partial charge in [0.1, 0.15) is 0 Å². The molecular weight excluding hydrogens is 244 g/mol. The zero-order valence-corrected chi connectivity index (χ0v) is 12.8. The maximum atomic E-state index is 8.73. The third-order valence-corrected chi connectivity index (χ3v) is 3.62. The standard InChI is InChI=1S/C18H28N2/c1-2-3-4-5-6-7-8-9-14-20-16-18-12-10-17(15-19)11-13-18/h10-13,20H,2-9,14,16H2,1H3. The summed E-state index contributed by atoms with van der Waals surface area (Å²) in [5.74, 6) is 0. The molecule has 1 aromatic carbocycles. The van der Waals surface area contributed by atoms with Crippen LogP contribution in [0.15, 0.2) is 24.3 Å². The minimum atomic E-state index is 0.733. The second kappa shape index (κ2) is 11.5. The second-order valence-electron chi connectivity index (χ2n) is 5.46. The van der Waals surface area contributed by atoms with Crippen molar-refractivity contribution in [2.24, 2.45) is 0 Å². The highest BCUT2D eigenvalue weighted by atomic mass is 14.8. The molecular formula is C18H28N2. The van der Waals surface area contributed by atoms with Crippen molar-refractivity contribution in [2.75, 3.05) is 6.54 Å².